The van der Waals surface area contributed by atoms with Crippen molar-refractivity contribution in [2.45, 2.75) is 50.2 Å². The molecule has 94 valence electrons. The van der Waals surface area contributed by atoms with Crippen LogP contribution in [0.15, 0.2) is 0 Å². The molecule has 2 fully saturated rings. The maximum atomic E-state index is 11.0. The monoisotopic (exact) mass is 247 g/mol. The van der Waals surface area contributed by atoms with E-state index in [1.807, 2.05) is 0 Å². The number of hydrogen-bond acceptors (Lipinski definition) is 4. The van der Waals surface area contributed by atoms with E-state index in [-0.39, 0.29) is 5.75 Å². The Kier molecular flexibility index (Phi) is 3.53. The molecule has 0 aliphatic carbocycles. The lowest BCUT2D eigenvalue weighted by atomic mass is 9.82. The van der Waals surface area contributed by atoms with E-state index in [4.69, 9.17) is 10.9 Å². The van der Waals surface area contributed by atoms with Crippen molar-refractivity contribution in [2.75, 3.05) is 12.3 Å². The molecule has 4 N–H and O–H groups in total. The molecule has 2 bridgehead atoms. The molecule has 0 aromatic rings. The number of hydrogen-bond donors (Lipinski definition) is 2. The van der Waals surface area contributed by atoms with Gasteiger partial charge in [-0.25, -0.2) is 13.6 Å². The Balaban J connectivity index is 1.98. The van der Waals surface area contributed by atoms with Crippen LogP contribution in [0.5, 0.6) is 0 Å². The average Bonchev–Trinajstić information content (AvgIpc) is 2.12. The van der Waals surface area contributed by atoms with Crippen molar-refractivity contribution < 1.29 is 8.42 Å². The molecule has 2 saturated heterocycles. The molecule has 0 radical (unpaired) electrons. The van der Waals surface area contributed by atoms with Crippen molar-refractivity contribution in [3.05, 3.63) is 0 Å². The maximum Gasteiger partial charge on any atom is 0.210 e. The van der Waals surface area contributed by atoms with Crippen LogP contribution in [0.3, 0.4) is 0 Å². The van der Waals surface area contributed by atoms with Crippen LogP contribution in [0.25, 0.3) is 0 Å². The lowest BCUT2D eigenvalue weighted by molar-refractivity contribution is 0.0374. The summed E-state index contributed by atoms with van der Waals surface area (Å²) in [6, 6.07) is 1.24. The summed E-state index contributed by atoms with van der Waals surface area (Å²) in [5.41, 5.74) is 6.00. The summed E-state index contributed by atoms with van der Waals surface area (Å²) < 4.78 is 22.0. The van der Waals surface area contributed by atoms with E-state index in [1.54, 1.807) is 0 Å². The minimum atomic E-state index is -3.34. The molecule has 2 heterocycles. The van der Waals surface area contributed by atoms with Gasteiger partial charge < -0.3 is 5.73 Å². The minimum absolute atomic E-state index is 0.0647. The summed E-state index contributed by atoms with van der Waals surface area (Å²) in [5.74, 6) is 0.0647. The van der Waals surface area contributed by atoms with Gasteiger partial charge in [-0.05, 0) is 25.7 Å². The van der Waals surface area contributed by atoms with Gasteiger partial charge >= 0.3 is 0 Å². The fraction of sp³-hybridized carbons (Fsp3) is 1.00. The molecule has 16 heavy (non-hydrogen) atoms. The van der Waals surface area contributed by atoms with Crippen LogP contribution >= 0.6 is 0 Å². The molecule has 2 atom stereocenters. The molecule has 0 amide bonds. The van der Waals surface area contributed by atoms with E-state index in [9.17, 15) is 8.42 Å². The third-order valence-corrected chi connectivity index (χ3v) is 4.55. The third-order valence-electron chi connectivity index (χ3n) is 3.80. The van der Waals surface area contributed by atoms with Gasteiger partial charge in [0, 0.05) is 24.7 Å². The highest BCUT2D eigenvalue weighted by molar-refractivity contribution is 7.89. The van der Waals surface area contributed by atoms with Gasteiger partial charge in [-0.2, -0.15) is 0 Å². The van der Waals surface area contributed by atoms with Gasteiger partial charge in [-0.1, -0.05) is 6.42 Å². The van der Waals surface area contributed by atoms with Crippen LogP contribution < -0.4 is 10.9 Å². The number of piperidine rings is 2. The Labute approximate surface area is 97.2 Å². The van der Waals surface area contributed by atoms with Crippen LogP contribution in [-0.2, 0) is 10.0 Å². The summed E-state index contributed by atoms with van der Waals surface area (Å²) in [4.78, 5) is 2.32. The van der Waals surface area contributed by atoms with Crippen molar-refractivity contribution in [1.82, 2.24) is 4.90 Å². The van der Waals surface area contributed by atoms with Crippen LogP contribution in [0.4, 0.5) is 0 Å². The van der Waals surface area contributed by atoms with Crippen molar-refractivity contribution in [1.29, 1.82) is 0 Å². The topological polar surface area (TPSA) is 89.4 Å². The second-order valence-electron chi connectivity index (χ2n) is 5.07. The van der Waals surface area contributed by atoms with E-state index in [0.717, 1.165) is 25.7 Å². The number of fused-ring (bicyclic) bond motifs is 2. The molecule has 6 heteroatoms. The molecular formula is C10H21N3O2S. The van der Waals surface area contributed by atoms with Gasteiger partial charge in [0.2, 0.25) is 10.0 Å². The smallest absolute Gasteiger partial charge is 0.210 e. The molecule has 0 aromatic heterocycles. The largest absolute Gasteiger partial charge is 0.328 e. The van der Waals surface area contributed by atoms with Crippen LogP contribution in [0.2, 0.25) is 0 Å². The molecule has 2 unspecified atom stereocenters. The maximum absolute atomic E-state index is 11.0. The molecule has 2 aliphatic heterocycles. The van der Waals surface area contributed by atoms with E-state index < -0.39 is 10.0 Å². The van der Waals surface area contributed by atoms with Crippen LogP contribution in [0, 0.1) is 0 Å². The first-order chi connectivity index (χ1) is 7.46. The van der Waals surface area contributed by atoms with Gasteiger partial charge in [-0.3, -0.25) is 4.90 Å². The van der Waals surface area contributed by atoms with Gasteiger partial charge in [0.1, 0.15) is 0 Å². The normalized spacial score (nSPS) is 36.2. The Morgan fingerprint density at radius 3 is 2.25 bits per heavy atom. The molecule has 5 nitrogen and oxygen atoms in total. The van der Waals surface area contributed by atoms with Crippen molar-refractivity contribution in [3.8, 4) is 0 Å². The predicted molar refractivity (Wildman–Crippen MR) is 63.3 cm³/mol. The summed E-state index contributed by atoms with van der Waals surface area (Å²) in [6.45, 7) is 0.570. The Hall–Kier alpha value is -0.170. The molecular weight excluding hydrogens is 226 g/mol. The standard InChI is InChI=1S/C10H21N3O2S/c11-8-6-9-2-1-3-10(7-8)13(9)4-5-16(12,14)15/h8-10H,1-7,11H2,(H2,12,14,15). The van der Waals surface area contributed by atoms with Crippen molar-refractivity contribution in [2.24, 2.45) is 10.9 Å². The first-order valence-electron chi connectivity index (χ1n) is 5.97. The Morgan fingerprint density at radius 2 is 1.75 bits per heavy atom. The predicted octanol–water partition coefficient (Wildman–Crippen LogP) is -0.381. The van der Waals surface area contributed by atoms with Crippen molar-refractivity contribution in [3.63, 3.8) is 0 Å². The highest BCUT2D eigenvalue weighted by Gasteiger charge is 2.36. The lowest BCUT2D eigenvalue weighted by Gasteiger charge is -2.48. The third kappa shape index (κ3) is 2.94. The van der Waals surface area contributed by atoms with E-state index in [1.165, 1.54) is 6.42 Å². The van der Waals surface area contributed by atoms with Crippen LogP contribution in [0.1, 0.15) is 32.1 Å². The quantitative estimate of drug-likeness (QED) is 0.711. The zero-order chi connectivity index (χ0) is 11.8. The molecule has 2 aliphatic rings. The lowest BCUT2D eigenvalue weighted by Crippen LogP contribution is -2.56. The second kappa shape index (κ2) is 4.60. The summed E-state index contributed by atoms with van der Waals surface area (Å²) in [7, 11) is -3.34. The second-order valence-corrected chi connectivity index (χ2v) is 6.81. The van der Waals surface area contributed by atoms with Gasteiger partial charge in [0.05, 0.1) is 5.75 Å². The summed E-state index contributed by atoms with van der Waals surface area (Å²) in [5, 5.41) is 5.05. The molecule has 0 spiro atoms. The van der Waals surface area contributed by atoms with Gasteiger partial charge in [0.25, 0.3) is 0 Å². The summed E-state index contributed by atoms with van der Waals surface area (Å²) in [6.07, 6.45) is 5.54. The van der Waals surface area contributed by atoms with E-state index >= 15 is 0 Å². The van der Waals surface area contributed by atoms with E-state index in [0.29, 0.717) is 24.7 Å². The van der Waals surface area contributed by atoms with E-state index in [2.05, 4.69) is 4.90 Å². The number of primary sulfonamides is 1. The number of nitrogens with two attached hydrogens (primary N) is 2. The molecule has 2 rings (SSSR count). The van der Waals surface area contributed by atoms with Crippen LogP contribution in [-0.4, -0.2) is 43.7 Å². The fourth-order valence-electron chi connectivity index (χ4n) is 3.12. The van der Waals surface area contributed by atoms with Gasteiger partial charge in [0.15, 0.2) is 0 Å². The zero-order valence-electron chi connectivity index (χ0n) is 9.51. The highest BCUT2D eigenvalue weighted by Crippen LogP contribution is 2.32. The SMILES string of the molecule is NC1CC2CCCC(C1)N2CCS(N)(=O)=O. The number of sulfonamides is 1. The Morgan fingerprint density at radius 1 is 1.19 bits per heavy atom. The first-order valence-corrected chi connectivity index (χ1v) is 7.69. The number of rotatable bonds is 3. The number of nitrogens with zero attached hydrogens (tertiary/aromatic N) is 1. The average molecular weight is 247 g/mol. The zero-order valence-corrected chi connectivity index (χ0v) is 10.3. The Bertz CT molecular complexity index is 330. The molecule has 0 aromatic carbocycles. The fourth-order valence-corrected chi connectivity index (χ4v) is 3.58. The molecule has 0 saturated carbocycles. The first kappa shape index (κ1) is 12.3. The highest BCUT2D eigenvalue weighted by atomic mass is 32.2. The minimum Gasteiger partial charge on any atom is -0.328 e. The van der Waals surface area contributed by atoms with Gasteiger partial charge in [-0.15, -0.1) is 0 Å². The van der Waals surface area contributed by atoms with Crippen molar-refractivity contribution >= 4 is 10.0 Å². The summed E-state index contributed by atoms with van der Waals surface area (Å²) >= 11 is 0.